The summed E-state index contributed by atoms with van der Waals surface area (Å²) in [5, 5.41) is 14.5. The Morgan fingerprint density at radius 3 is 2.90 bits per heavy atom. The minimum Gasteiger partial charge on any atom is -0.398 e. The van der Waals surface area contributed by atoms with Crippen LogP contribution in [-0.4, -0.2) is 28.4 Å². The molecule has 7 heteroatoms. The molecule has 0 aliphatic heterocycles. The van der Waals surface area contributed by atoms with Crippen LogP contribution in [0.1, 0.15) is 36.0 Å². The second-order valence-electron chi connectivity index (χ2n) is 5.19. The minimum absolute atomic E-state index is 0.0335. The fraction of sp³-hybridized carbons (Fsp3) is 0.500. The third-order valence-electron chi connectivity index (χ3n) is 3.79. The third kappa shape index (κ3) is 3.66. The SMILES string of the molecule is CS[C@H]1CCC[C@@H](NC(=O)c2c(N)cccc2[N+](=O)[O-])C1. The molecule has 1 saturated carbocycles. The molecule has 0 saturated heterocycles. The van der Waals surface area contributed by atoms with Crippen molar-refractivity contribution >= 4 is 29.0 Å². The molecule has 1 aliphatic carbocycles. The van der Waals surface area contributed by atoms with E-state index < -0.39 is 10.8 Å². The van der Waals surface area contributed by atoms with Gasteiger partial charge in [-0.25, -0.2) is 0 Å². The van der Waals surface area contributed by atoms with Crippen molar-refractivity contribution in [3.63, 3.8) is 0 Å². The number of nitro groups is 1. The molecule has 1 fully saturated rings. The molecule has 0 aromatic heterocycles. The Labute approximate surface area is 127 Å². The van der Waals surface area contributed by atoms with Crippen LogP contribution in [0.3, 0.4) is 0 Å². The Morgan fingerprint density at radius 1 is 1.48 bits per heavy atom. The van der Waals surface area contributed by atoms with Gasteiger partial charge in [0.1, 0.15) is 5.56 Å². The molecule has 0 spiro atoms. The maximum atomic E-state index is 12.4. The molecule has 0 heterocycles. The van der Waals surface area contributed by atoms with Gasteiger partial charge in [-0.15, -0.1) is 0 Å². The van der Waals surface area contributed by atoms with Crippen molar-refractivity contribution in [2.24, 2.45) is 0 Å². The lowest BCUT2D eigenvalue weighted by Gasteiger charge is -2.28. The van der Waals surface area contributed by atoms with E-state index in [1.165, 1.54) is 18.2 Å². The molecular formula is C14H19N3O3S. The molecule has 1 aliphatic rings. The number of amides is 1. The lowest BCUT2D eigenvalue weighted by Crippen LogP contribution is -2.39. The van der Waals surface area contributed by atoms with Crippen LogP contribution in [0.5, 0.6) is 0 Å². The number of carbonyl (C=O) groups excluding carboxylic acids is 1. The standard InChI is InChI=1S/C14H19N3O3S/c1-21-10-5-2-4-9(8-10)16-14(18)13-11(15)6-3-7-12(13)17(19)20/h3,6-7,9-10H,2,4-5,8,15H2,1H3,(H,16,18)/t9-,10+/m1/s1. The van der Waals surface area contributed by atoms with Crippen molar-refractivity contribution in [3.05, 3.63) is 33.9 Å². The first-order valence-electron chi connectivity index (χ1n) is 6.89. The number of anilines is 1. The fourth-order valence-electron chi connectivity index (χ4n) is 2.70. The number of rotatable bonds is 4. The Hall–Kier alpha value is -1.76. The molecule has 1 amide bonds. The second-order valence-corrected chi connectivity index (χ2v) is 6.33. The largest absolute Gasteiger partial charge is 0.398 e. The molecular weight excluding hydrogens is 290 g/mol. The van der Waals surface area contributed by atoms with Gasteiger partial charge in [-0.1, -0.05) is 12.5 Å². The maximum Gasteiger partial charge on any atom is 0.284 e. The molecule has 0 bridgehead atoms. The average molecular weight is 309 g/mol. The smallest absolute Gasteiger partial charge is 0.284 e. The van der Waals surface area contributed by atoms with Crippen LogP contribution in [-0.2, 0) is 0 Å². The third-order valence-corrected chi connectivity index (χ3v) is 4.89. The Morgan fingerprint density at radius 2 is 2.24 bits per heavy atom. The zero-order valence-electron chi connectivity index (χ0n) is 11.9. The van der Waals surface area contributed by atoms with E-state index in [4.69, 9.17) is 5.73 Å². The van der Waals surface area contributed by atoms with Crippen LogP contribution in [0.4, 0.5) is 11.4 Å². The van der Waals surface area contributed by atoms with Gasteiger partial charge in [-0.3, -0.25) is 14.9 Å². The number of carbonyl (C=O) groups is 1. The highest BCUT2D eigenvalue weighted by atomic mass is 32.2. The van der Waals surface area contributed by atoms with Crippen LogP contribution >= 0.6 is 11.8 Å². The van der Waals surface area contributed by atoms with Crippen molar-refractivity contribution in [1.82, 2.24) is 5.32 Å². The van der Waals surface area contributed by atoms with Crippen molar-refractivity contribution in [2.45, 2.75) is 37.0 Å². The molecule has 0 radical (unpaired) electrons. The van der Waals surface area contributed by atoms with E-state index >= 15 is 0 Å². The van der Waals surface area contributed by atoms with Gasteiger partial charge >= 0.3 is 0 Å². The first-order valence-corrected chi connectivity index (χ1v) is 8.18. The van der Waals surface area contributed by atoms with E-state index in [1.807, 2.05) is 0 Å². The van der Waals surface area contributed by atoms with Gasteiger partial charge in [0.2, 0.25) is 0 Å². The van der Waals surface area contributed by atoms with Crippen LogP contribution < -0.4 is 11.1 Å². The number of hydrogen-bond donors (Lipinski definition) is 2. The van der Waals surface area contributed by atoms with E-state index in [0.29, 0.717) is 5.25 Å². The van der Waals surface area contributed by atoms with Crippen molar-refractivity contribution in [1.29, 1.82) is 0 Å². The highest BCUT2D eigenvalue weighted by Gasteiger charge is 2.27. The molecule has 6 nitrogen and oxygen atoms in total. The summed E-state index contributed by atoms with van der Waals surface area (Å²) in [7, 11) is 0. The number of nitrogens with two attached hydrogens (primary N) is 1. The number of thioether (sulfide) groups is 1. The van der Waals surface area contributed by atoms with Gasteiger partial charge in [0.05, 0.1) is 10.6 Å². The van der Waals surface area contributed by atoms with Gasteiger partial charge < -0.3 is 11.1 Å². The summed E-state index contributed by atoms with van der Waals surface area (Å²) in [6.07, 6.45) is 6.08. The molecule has 3 N–H and O–H groups in total. The topological polar surface area (TPSA) is 98.3 Å². The molecule has 21 heavy (non-hydrogen) atoms. The van der Waals surface area contributed by atoms with Gasteiger partial charge in [0.15, 0.2) is 0 Å². The van der Waals surface area contributed by atoms with Crippen LogP contribution in [0, 0.1) is 10.1 Å². The molecule has 2 atom stereocenters. The number of benzene rings is 1. The van der Waals surface area contributed by atoms with E-state index in [2.05, 4.69) is 11.6 Å². The molecule has 1 aromatic carbocycles. The summed E-state index contributed by atoms with van der Waals surface area (Å²) in [6, 6.07) is 4.35. The number of nitro benzene ring substituents is 1. The zero-order valence-corrected chi connectivity index (χ0v) is 12.7. The van der Waals surface area contributed by atoms with Gasteiger partial charge in [-0.05, 0) is 31.6 Å². The Bertz CT molecular complexity index is 550. The first-order chi connectivity index (χ1) is 10.0. The van der Waals surface area contributed by atoms with E-state index in [0.717, 1.165) is 25.7 Å². The summed E-state index contributed by atoms with van der Waals surface area (Å²) in [5.74, 6) is -0.452. The number of nitrogen functional groups attached to an aromatic ring is 1. The summed E-state index contributed by atoms with van der Waals surface area (Å²) < 4.78 is 0. The summed E-state index contributed by atoms with van der Waals surface area (Å²) in [5.41, 5.74) is 5.61. The van der Waals surface area contributed by atoms with Crippen molar-refractivity contribution in [2.75, 3.05) is 12.0 Å². The number of nitrogens with zero attached hydrogens (tertiary/aromatic N) is 1. The highest BCUT2D eigenvalue weighted by Crippen LogP contribution is 2.28. The van der Waals surface area contributed by atoms with Gasteiger partial charge in [0.25, 0.3) is 11.6 Å². The van der Waals surface area contributed by atoms with Crippen molar-refractivity contribution < 1.29 is 9.72 Å². The van der Waals surface area contributed by atoms with Crippen LogP contribution in [0.25, 0.3) is 0 Å². The van der Waals surface area contributed by atoms with Gasteiger partial charge in [0, 0.05) is 17.4 Å². The maximum absolute atomic E-state index is 12.4. The van der Waals surface area contributed by atoms with Crippen molar-refractivity contribution in [3.8, 4) is 0 Å². The predicted molar refractivity (Wildman–Crippen MR) is 84.5 cm³/mol. The quantitative estimate of drug-likeness (QED) is 0.506. The number of nitrogens with one attached hydrogen (secondary N) is 1. The summed E-state index contributed by atoms with van der Waals surface area (Å²) in [4.78, 5) is 22.8. The second kappa shape index (κ2) is 6.80. The number of hydrogen-bond acceptors (Lipinski definition) is 5. The minimum atomic E-state index is -0.573. The average Bonchev–Trinajstić information content (AvgIpc) is 2.46. The fourth-order valence-corrected chi connectivity index (χ4v) is 3.53. The lowest BCUT2D eigenvalue weighted by molar-refractivity contribution is -0.385. The normalized spacial score (nSPS) is 21.8. The Kier molecular flexibility index (Phi) is 5.06. The van der Waals surface area contributed by atoms with E-state index in [-0.39, 0.29) is 23.0 Å². The lowest BCUT2D eigenvalue weighted by atomic mass is 9.94. The van der Waals surface area contributed by atoms with E-state index in [1.54, 1.807) is 11.8 Å². The monoisotopic (exact) mass is 309 g/mol. The molecule has 1 aromatic rings. The highest BCUT2D eigenvalue weighted by molar-refractivity contribution is 7.99. The molecule has 0 unspecified atom stereocenters. The van der Waals surface area contributed by atoms with Crippen LogP contribution in [0.2, 0.25) is 0 Å². The Balaban J connectivity index is 2.15. The van der Waals surface area contributed by atoms with E-state index in [9.17, 15) is 14.9 Å². The van der Waals surface area contributed by atoms with Gasteiger partial charge in [-0.2, -0.15) is 11.8 Å². The summed E-state index contributed by atoms with van der Waals surface area (Å²) in [6.45, 7) is 0. The molecule has 2 rings (SSSR count). The van der Waals surface area contributed by atoms with Crippen LogP contribution in [0.15, 0.2) is 18.2 Å². The predicted octanol–water partition coefficient (Wildman–Crippen LogP) is 2.58. The molecule has 114 valence electrons. The first kappa shape index (κ1) is 15.6. The summed E-state index contributed by atoms with van der Waals surface area (Å²) >= 11 is 1.80. The zero-order chi connectivity index (χ0) is 15.4.